The number of anilines is 1. The second-order valence-corrected chi connectivity index (χ2v) is 8.38. The van der Waals surface area contributed by atoms with Gasteiger partial charge in [-0.15, -0.1) is 0 Å². The number of hydrogen-bond donors (Lipinski definition) is 0. The minimum atomic E-state index is 0.0100. The van der Waals surface area contributed by atoms with Gasteiger partial charge in [-0.05, 0) is 94.5 Å². The van der Waals surface area contributed by atoms with Gasteiger partial charge in [0, 0.05) is 24.7 Å². The molecule has 1 saturated carbocycles. The van der Waals surface area contributed by atoms with E-state index in [9.17, 15) is 4.79 Å². The Morgan fingerprint density at radius 1 is 0.964 bits per heavy atom. The summed E-state index contributed by atoms with van der Waals surface area (Å²) in [5, 5.41) is 0. The lowest BCUT2D eigenvalue weighted by molar-refractivity contribution is 0.103. The molecular formula is C24H33N3O. The van der Waals surface area contributed by atoms with Crippen LogP contribution in [0.5, 0.6) is 0 Å². The molecule has 2 aromatic rings. The van der Waals surface area contributed by atoms with Gasteiger partial charge in [0.25, 0.3) is 0 Å². The van der Waals surface area contributed by atoms with Crippen LogP contribution in [0.25, 0.3) is 0 Å². The summed E-state index contributed by atoms with van der Waals surface area (Å²) in [6.45, 7) is 16.5. The highest BCUT2D eigenvalue weighted by Crippen LogP contribution is 2.32. The van der Waals surface area contributed by atoms with Crippen LogP contribution in [0.1, 0.15) is 75.9 Å². The van der Waals surface area contributed by atoms with Crippen molar-refractivity contribution in [2.45, 2.75) is 67.7 Å². The van der Waals surface area contributed by atoms with Gasteiger partial charge in [0.2, 0.25) is 5.78 Å². The molecule has 1 fully saturated rings. The van der Waals surface area contributed by atoms with E-state index < -0.39 is 0 Å². The van der Waals surface area contributed by atoms with E-state index in [-0.39, 0.29) is 5.78 Å². The van der Waals surface area contributed by atoms with E-state index in [4.69, 9.17) is 0 Å². The number of ketones is 1. The number of carbonyl (C=O) groups excluding carboxylic acids is 1. The highest BCUT2D eigenvalue weighted by Gasteiger charge is 2.26. The lowest BCUT2D eigenvalue weighted by atomic mass is 9.87. The normalized spacial score (nSPS) is 13.7. The van der Waals surface area contributed by atoms with Gasteiger partial charge in [0.15, 0.2) is 0 Å². The molecule has 28 heavy (non-hydrogen) atoms. The summed E-state index contributed by atoms with van der Waals surface area (Å²) < 4.78 is 0. The van der Waals surface area contributed by atoms with Gasteiger partial charge in [-0.3, -0.25) is 4.79 Å². The van der Waals surface area contributed by atoms with Crippen LogP contribution in [0, 0.1) is 47.5 Å². The highest BCUT2D eigenvalue weighted by atomic mass is 16.1. The molecule has 4 heteroatoms. The molecule has 3 rings (SSSR count). The summed E-state index contributed by atoms with van der Waals surface area (Å²) in [6.07, 6.45) is 3.67. The average Bonchev–Trinajstić information content (AvgIpc) is 3.48. The van der Waals surface area contributed by atoms with Gasteiger partial charge in [-0.25, -0.2) is 9.97 Å². The van der Waals surface area contributed by atoms with Crippen LogP contribution in [-0.4, -0.2) is 28.8 Å². The molecule has 0 unspecified atom stereocenters. The predicted molar refractivity (Wildman–Crippen MR) is 116 cm³/mol. The fraction of sp³-hybridized carbons (Fsp3) is 0.542. The van der Waals surface area contributed by atoms with Gasteiger partial charge in [0.1, 0.15) is 17.3 Å². The molecule has 1 aromatic carbocycles. The Balaban J connectivity index is 2.04. The van der Waals surface area contributed by atoms with Crippen molar-refractivity contribution in [2.24, 2.45) is 5.92 Å². The molecule has 0 radical (unpaired) electrons. The van der Waals surface area contributed by atoms with Gasteiger partial charge in [-0.2, -0.15) is 0 Å². The zero-order valence-corrected chi connectivity index (χ0v) is 18.4. The van der Waals surface area contributed by atoms with Gasteiger partial charge >= 0.3 is 0 Å². The number of rotatable bonds is 7. The first-order valence-electron chi connectivity index (χ1n) is 10.5. The molecule has 0 N–H and O–H groups in total. The molecule has 1 aromatic heterocycles. The summed E-state index contributed by atoms with van der Waals surface area (Å²) in [5.41, 5.74) is 7.09. The lowest BCUT2D eigenvalue weighted by Gasteiger charge is -2.24. The molecular weight excluding hydrogens is 346 g/mol. The van der Waals surface area contributed by atoms with E-state index in [0.717, 1.165) is 47.9 Å². The van der Waals surface area contributed by atoms with Crippen molar-refractivity contribution < 1.29 is 4.79 Å². The Morgan fingerprint density at radius 3 is 2.07 bits per heavy atom. The molecule has 0 saturated heterocycles. The molecule has 1 aliphatic carbocycles. The summed E-state index contributed by atoms with van der Waals surface area (Å²) in [6, 6.07) is 1.90. The molecule has 1 aliphatic rings. The molecule has 0 atom stereocenters. The van der Waals surface area contributed by atoms with Crippen LogP contribution >= 0.6 is 0 Å². The van der Waals surface area contributed by atoms with Crippen LogP contribution < -0.4 is 4.90 Å². The Kier molecular flexibility index (Phi) is 5.87. The summed E-state index contributed by atoms with van der Waals surface area (Å²) in [5.74, 6) is 2.33. The van der Waals surface area contributed by atoms with Crippen molar-refractivity contribution in [3.63, 3.8) is 0 Å². The first-order chi connectivity index (χ1) is 13.2. The standard InChI is InChI=1S/C24H33N3O/c1-8-11-27(13-20-9-10-20)22-12-21(25-19(7)26-22)24(28)23-17(5)15(3)14(2)16(4)18(23)6/h12,20H,8-11,13H2,1-7H3. The Labute approximate surface area is 169 Å². The van der Waals surface area contributed by atoms with E-state index in [1.165, 1.54) is 29.5 Å². The smallest absolute Gasteiger partial charge is 0.212 e. The Morgan fingerprint density at radius 2 is 1.54 bits per heavy atom. The largest absolute Gasteiger partial charge is 0.356 e. The molecule has 0 bridgehead atoms. The second-order valence-electron chi connectivity index (χ2n) is 8.38. The SMILES string of the molecule is CCCN(CC1CC1)c1cc(C(=O)c2c(C)c(C)c(C)c(C)c2C)nc(C)n1. The monoisotopic (exact) mass is 379 g/mol. The van der Waals surface area contributed by atoms with E-state index in [1.54, 1.807) is 0 Å². The minimum Gasteiger partial charge on any atom is -0.356 e. The summed E-state index contributed by atoms with van der Waals surface area (Å²) >= 11 is 0. The quantitative estimate of drug-likeness (QED) is 0.622. The van der Waals surface area contributed by atoms with Crippen molar-refractivity contribution >= 4 is 11.6 Å². The first kappa shape index (κ1) is 20.5. The molecule has 0 amide bonds. The number of aryl methyl sites for hydroxylation is 1. The first-order valence-corrected chi connectivity index (χ1v) is 10.5. The number of nitrogens with zero attached hydrogens (tertiary/aromatic N) is 3. The number of carbonyl (C=O) groups is 1. The van der Waals surface area contributed by atoms with Crippen LogP contribution in [0.3, 0.4) is 0 Å². The summed E-state index contributed by atoms with van der Waals surface area (Å²) in [7, 11) is 0. The van der Waals surface area contributed by atoms with Crippen LogP contribution in [-0.2, 0) is 0 Å². The number of aromatic nitrogens is 2. The van der Waals surface area contributed by atoms with Crippen molar-refractivity contribution in [2.75, 3.05) is 18.0 Å². The third kappa shape index (κ3) is 3.96. The number of hydrogen-bond acceptors (Lipinski definition) is 4. The fourth-order valence-electron chi connectivity index (χ4n) is 3.98. The zero-order chi connectivity index (χ0) is 20.6. The van der Waals surface area contributed by atoms with Crippen LogP contribution in [0.2, 0.25) is 0 Å². The van der Waals surface area contributed by atoms with Gasteiger partial charge in [0.05, 0.1) is 0 Å². The molecule has 1 heterocycles. The fourth-order valence-corrected chi connectivity index (χ4v) is 3.98. The predicted octanol–water partition coefficient (Wildman–Crippen LogP) is 5.18. The zero-order valence-electron chi connectivity index (χ0n) is 18.4. The van der Waals surface area contributed by atoms with Gasteiger partial charge < -0.3 is 4.90 Å². The lowest BCUT2D eigenvalue weighted by Crippen LogP contribution is -2.28. The highest BCUT2D eigenvalue weighted by molar-refractivity contribution is 6.10. The average molecular weight is 380 g/mol. The molecule has 4 nitrogen and oxygen atoms in total. The van der Waals surface area contributed by atoms with Crippen molar-refractivity contribution in [3.8, 4) is 0 Å². The third-order valence-corrected chi connectivity index (χ3v) is 6.28. The third-order valence-electron chi connectivity index (χ3n) is 6.28. The Bertz CT molecular complexity index is 884. The van der Waals surface area contributed by atoms with E-state index in [1.807, 2.05) is 26.8 Å². The van der Waals surface area contributed by atoms with Gasteiger partial charge in [-0.1, -0.05) is 6.92 Å². The second kappa shape index (κ2) is 8.02. The van der Waals surface area contributed by atoms with Crippen molar-refractivity contribution in [1.29, 1.82) is 0 Å². The topological polar surface area (TPSA) is 46.1 Å². The van der Waals surface area contributed by atoms with Crippen LogP contribution in [0.4, 0.5) is 5.82 Å². The number of benzene rings is 1. The van der Waals surface area contributed by atoms with E-state index >= 15 is 0 Å². The van der Waals surface area contributed by atoms with Crippen molar-refractivity contribution in [1.82, 2.24) is 9.97 Å². The summed E-state index contributed by atoms with van der Waals surface area (Å²) in [4.78, 5) is 25.0. The van der Waals surface area contributed by atoms with E-state index in [0.29, 0.717) is 11.5 Å². The van der Waals surface area contributed by atoms with Crippen molar-refractivity contribution in [3.05, 3.63) is 51.0 Å². The molecule has 150 valence electrons. The molecule has 0 aliphatic heterocycles. The maximum Gasteiger partial charge on any atom is 0.212 e. The minimum absolute atomic E-state index is 0.0100. The maximum absolute atomic E-state index is 13.5. The maximum atomic E-state index is 13.5. The Hall–Kier alpha value is -2.23. The van der Waals surface area contributed by atoms with E-state index in [2.05, 4.69) is 42.6 Å². The van der Waals surface area contributed by atoms with Crippen LogP contribution in [0.15, 0.2) is 6.07 Å². The molecule has 0 spiro atoms.